The van der Waals surface area contributed by atoms with Crippen molar-refractivity contribution in [2.75, 3.05) is 19.4 Å². The fourth-order valence-corrected chi connectivity index (χ4v) is 10.6. The highest BCUT2D eigenvalue weighted by molar-refractivity contribution is 9.10. The first kappa shape index (κ1) is 27.3. The van der Waals surface area contributed by atoms with E-state index in [-0.39, 0.29) is 11.5 Å². The van der Waals surface area contributed by atoms with Crippen LogP contribution in [0.4, 0.5) is 13.2 Å². The Bertz CT molecular complexity index is 940. The Labute approximate surface area is 208 Å². The summed E-state index contributed by atoms with van der Waals surface area (Å²) < 4.78 is 59.7. The zero-order valence-corrected chi connectivity index (χ0v) is 22.2. The molecule has 0 saturated heterocycles. The van der Waals surface area contributed by atoms with Crippen molar-refractivity contribution in [2.45, 2.75) is 22.9 Å². The molecule has 32 heavy (non-hydrogen) atoms. The Balaban J connectivity index is 2.40. The molecule has 174 valence electrons. The molecule has 0 aliphatic rings. The number of carbonyl (C=O) groups is 2. The summed E-state index contributed by atoms with van der Waals surface area (Å²) in [5.74, 6) is -3.27. The standard InChI is InChI=1S/C19H17Br2F3NO4PS2/c1-2-29-17(26)11-25(18(27)19(22,23)24)12-30(28,31-15-7-3-13(20)4-8-15)32-16-9-5-14(21)6-10-16/h3-10H,2,11-12H2,1H3. The fraction of sp³-hybridized carbons (Fsp3) is 0.263. The molecule has 2 rings (SSSR count). The zero-order chi connectivity index (χ0) is 23.9. The van der Waals surface area contributed by atoms with Crippen molar-refractivity contribution in [1.29, 1.82) is 0 Å². The van der Waals surface area contributed by atoms with Crippen LogP contribution in [0.2, 0.25) is 0 Å². The maximum Gasteiger partial charge on any atom is 0.471 e. The highest BCUT2D eigenvalue weighted by Gasteiger charge is 2.45. The van der Waals surface area contributed by atoms with Crippen molar-refractivity contribution in [3.8, 4) is 0 Å². The van der Waals surface area contributed by atoms with Crippen LogP contribution < -0.4 is 0 Å². The van der Waals surface area contributed by atoms with Gasteiger partial charge < -0.3 is 9.64 Å². The van der Waals surface area contributed by atoms with Crippen molar-refractivity contribution < 1.29 is 32.1 Å². The average molecular weight is 635 g/mol. The number of hydrogen-bond donors (Lipinski definition) is 0. The number of esters is 1. The molecule has 0 bridgehead atoms. The van der Waals surface area contributed by atoms with Crippen LogP contribution in [-0.2, 0) is 18.9 Å². The van der Waals surface area contributed by atoms with E-state index in [1.807, 2.05) is 0 Å². The molecule has 0 saturated carbocycles. The smallest absolute Gasteiger partial charge is 0.465 e. The van der Waals surface area contributed by atoms with Gasteiger partial charge in [-0.1, -0.05) is 31.9 Å². The van der Waals surface area contributed by atoms with E-state index in [0.29, 0.717) is 9.79 Å². The van der Waals surface area contributed by atoms with E-state index in [1.165, 1.54) is 6.92 Å². The predicted octanol–water partition coefficient (Wildman–Crippen LogP) is 7.20. The minimum Gasteiger partial charge on any atom is -0.465 e. The monoisotopic (exact) mass is 633 g/mol. The summed E-state index contributed by atoms with van der Waals surface area (Å²) in [7, 11) is 0. The Kier molecular flexibility index (Phi) is 10.2. The highest BCUT2D eigenvalue weighted by atomic mass is 79.9. The highest BCUT2D eigenvalue weighted by Crippen LogP contribution is 2.73. The van der Waals surface area contributed by atoms with E-state index in [1.54, 1.807) is 48.5 Å². The molecular formula is C19H17Br2F3NO4PS2. The first-order valence-corrected chi connectivity index (χ1v) is 15.2. The number of ether oxygens (including phenoxy) is 1. The first-order chi connectivity index (χ1) is 14.9. The Morgan fingerprint density at radius 2 is 1.41 bits per heavy atom. The number of hydrogen-bond acceptors (Lipinski definition) is 6. The van der Waals surface area contributed by atoms with E-state index < -0.39 is 36.4 Å². The summed E-state index contributed by atoms with van der Waals surface area (Å²) in [6, 6.07) is 13.4. The minimum atomic E-state index is -5.23. The molecule has 0 radical (unpaired) electrons. The minimum absolute atomic E-state index is 0.0637. The van der Waals surface area contributed by atoms with Crippen molar-refractivity contribution in [1.82, 2.24) is 4.90 Å². The van der Waals surface area contributed by atoms with Gasteiger partial charge in [-0.3, -0.25) is 14.2 Å². The number of nitrogens with zero attached hydrogens (tertiary/aromatic N) is 1. The topological polar surface area (TPSA) is 63.7 Å². The van der Waals surface area contributed by atoms with Crippen LogP contribution >= 0.6 is 60.2 Å². The Hall–Kier alpha value is -0.940. The SMILES string of the molecule is CCOC(=O)CN(CP(=O)(Sc1ccc(Br)cc1)Sc1ccc(Br)cc1)C(=O)C(F)(F)F. The van der Waals surface area contributed by atoms with Crippen LogP contribution in [0.5, 0.6) is 0 Å². The molecule has 0 fully saturated rings. The largest absolute Gasteiger partial charge is 0.471 e. The van der Waals surface area contributed by atoms with Gasteiger partial charge in [-0.25, -0.2) is 0 Å². The number of rotatable bonds is 9. The van der Waals surface area contributed by atoms with Crippen LogP contribution in [0.25, 0.3) is 0 Å². The normalized spacial score (nSPS) is 11.8. The molecule has 0 heterocycles. The number of carbonyl (C=O) groups excluding carboxylic acids is 2. The third-order valence-electron chi connectivity index (χ3n) is 3.62. The maximum atomic E-state index is 13.9. The second kappa shape index (κ2) is 12.0. The third-order valence-corrected chi connectivity index (χ3v) is 11.9. The Morgan fingerprint density at radius 3 is 1.78 bits per heavy atom. The van der Waals surface area contributed by atoms with Crippen molar-refractivity contribution in [3.05, 3.63) is 57.5 Å². The van der Waals surface area contributed by atoms with Gasteiger partial charge in [0.05, 0.1) is 12.9 Å². The van der Waals surface area contributed by atoms with Gasteiger partial charge in [0, 0.05) is 18.7 Å². The van der Waals surface area contributed by atoms with Crippen molar-refractivity contribution in [2.24, 2.45) is 0 Å². The van der Waals surface area contributed by atoms with Gasteiger partial charge in [-0.15, -0.1) is 0 Å². The van der Waals surface area contributed by atoms with Gasteiger partial charge in [-0.2, -0.15) is 13.2 Å². The van der Waals surface area contributed by atoms with Crippen LogP contribution in [0.15, 0.2) is 67.3 Å². The molecule has 2 aromatic rings. The first-order valence-electron chi connectivity index (χ1n) is 8.93. The van der Waals surface area contributed by atoms with Crippen LogP contribution in [0.3, 0.4) is 0 Å². The van der Waals surface area contributed by atoms with E-state index >= 15 is 0 Å². The van der Waals surface area contributed by atoms with E-state index in [2.05, 4.69) is 31.9 Å². The summed E-state index contributed by atoms with van der Waals surface area (Å²) in [6.07, 6.45) is -6.02. The lowest BCUT2D eigenvalue weighted by atomic mass is 10.4. The molecule has 0 spiro atoms. The molecular weight excluding hydrogens is 618 g/mol. The summed E-state index contributed by atoms with van der Waals surface area (Å²) in [5, 5.41) is 0. The van der Waals surface area contributed by atoms with Crippen molar-refractivity contribution in [3.63, 3.8) is 0 Å². The van der Waals surface area contributed by atoms with E-state index in [0.717, 1.165) is 31.7 Å². The molecule has 0 atom stereocenters. The van der Waals surface area contributed by atoms with Crippen LogP contribution in [-0.4, -0.2) is 42.4 Å². The zero-order valence-electron chi connectivity index (χ0n) is 16.5. The molecule has 0 aromatic heterocycles. The molecule has 0 aliphatic heterocycles. The van der Waals surface area contributed by atoms with Gasteiger partial charge in [0.25, 0.3) is 0 Å². The molecule has 13 heteroatoms. The molecule has 5 nitrogen and oxygen atoms in total. The summed E-state index contributed by atoms with van der Waals surface area (Å²) in [4.78, 5) is 25.2. The molecule has 0 N–H and O–H groups in total. The van der Waals surface area contributed by atoms with Crippen molar-refractivity contribution >= 4 is 72.0 Å². The number of halogens is 5. The van der Waals surface area contributed by atoms with Crippen LogP contribution in [0.1, 0.15) is 6.92 Å². The van der Waals surface area contributed by atoms with Gasteiger partial charge in [0.1, 0.15) is 6.54 Å². The lowest BCUT2D eigenvalue weighted by molar-refractivity contribution is -0.186. The molecule has 1 amide bonds. The number of benzene rings is 2. The summed E-state index contributed by atoms with van der Waals surface area (Å²) in [5.41, 5.74) is -3.65. The third kappa shape index (κ3) is 8.78. The maximum absolute atomic E-state index is 13.9. The second-order valence-corrected chi connectivity index (χ2v) is 16.1. The lowest BCUT2D eigenvalue weighted by Crippen LogP contribution is -2.44. The lowest BCUT2D eigenvalue weighted by Gasteiger charge is -2.27. The Morgan fingerprint density at radius 1 is 0.969 bits per heavy atom. The summed E-state index contributed by atoms with van der Waals surface area (Å²) >= 11 is 8.32. The van der Waals surface area contributed by atoms with E-state index in [9.17, 15) is 27.3 Å². The van der Waals surface area contributed by atoms with Gasteiger partial charge in [0.15, 0.2) is 0 Å². The van der Waals surface area contributed by atoms with E-state index in [4.69, 9.17) is 4.74 Å². The molecule has 2 aromatic carbocycles. The average Bonchev–Trinajstić information content (AvgIpc) is 2.70. The van der Waals surface area contributed by atoms with Gasteiger partial charge in [0.2, 0.25) is 5.55 Å². The quantitative estimate of drug-likeness (QED) is 0.215. The molecule has 0 aliphatic carbocycles. The van der Waals surface area contributed by atoms with Gasteiger partial charge in [-0.05, 0) is 78.2 Å². The van der Waals surface area contributed by atoms with Gasteiger partial charge >= 0.3 is 18.1 Å². The predicted molar refractivity (Wildman–Crippen MR) is 127 cm³/mol. The number of alkyl halides is 3. The fourth-order valence-electron chi connectivity index (χ4n) is 2.33. The number of amides is 1. The van der Waals surface area contributed by atoms with Crippen LogP contribution in [0, 0.1) is 0 Å². The second-order valence-electron chi connectivity index (χ2n) is 6.15. The summed E-state index contributed by atoms with van der Waals surface area (Å²) in [6.45, 7) is 0.468. The molecule has 0 unspecified atom stereocenters.